The number of carbonyl (C=O) groups is 1. The Labute approximate surface area is 176 Å². The van der Waals surface area contributed by atoms with E-state index in [0.29, 0.717) is 6.54 Å². The Kier molecular flexibility index (Phi) is 10.0. The highest BCUT2D eigenvalue weighted by atomic mass is 127. The van der Waals surface area contributed by atoms with Crippen molar-refractivity contribution in [2.45, 2.75) is 19.9 Å². The maximum atomic E-state index is 11.1. The molecule has 0 aliphatic carbocycles. The molecule has 1 amide bonds. The molecule has 5 nitrogen and oxygen atoms in total. The lowest BCUT2D eigenvalue weighted by atomic mass is 10.1. The minimum atomic E-state index is -0.0800. The van der Waals surface area contributed by atoms with Gasteiger partial charge in [0.1, 0.15) is 0 Å². The van der Waals surface area contributed by atoms with Gasteiger partial charge in [-0.2, -0.15) is 0 Å². The van der Waals surface area contributed by atoms with Gasteiger partial charge in [0.25, 0.3) is 0 Å². The quantitative estimate of drug-likeness (QED) is 0.330. The Hall–Kier alpha value is -1.80. The van der Waals surface area contributed by atoms with Crippen LogP contribution in [0.1, 0.15) is 18.1 Å². The second kappa shape index (κ2) is 11.7. The highest BCUT2D eigenvalue weighted by molar-refractivity contribution is 14.0. The first-order valence-corrected chi connectivity index (χ1v) is 8.50. The van der Waals surface area contributed by atoms with Crippen molar-refractivity contribution in [1.29, 1.82) is 0 Å². The molecule has 3 N–H and O–H groups in total. The number of guanidine groups is 1. The van der Waals surface area contributed by atoms with Crippen LogP contribution in [-0.4, -0.2) is 25.5 Å². The van der Waals surface area contributed by atoms with Crippen LogP contribution in [0.25, 0.3) is 0 Å². The van der Waals surface area contributed by atoms with Gasteiger partial charge in [0.15, 0.2) is 5.96 Å². The molecule has 0 aliphatic rings. The Morgan fingerprint density at radius 2 is 1.81 bits per heavy atom. The van der Waals surface area contributed by atoms with Gasteiger partial charge in [0, 0.05) is 37.8 Å². The van der Waals surface area contributed by atoms with E-state index in [1.165, 1.54) is 12.5 Å². The summed E-state index contributed by atoms with van der Waals surface area (Å²) in [5.41, 5.74) is 3.03. The van der Waals surface area contributed by atoms with Crippen molar-refractivity contribution in [2.75, 3.05) is 18.9 Å². The molecule has 0 aromatic heterocycles. The zero-order valence-electron chi connectivity index (χ0n) is 14.9. The van der Waals surface area contributed by atoms with Crippen LogP contribution >= 0.6 is 35.6 Å². The van der Waals surface area contributed by atoms with Gasteiger partial charge in [0.05, 0.1) is 0 Å². The van der Waals surface area contributed by atoms with Gasteiger partial charge in [-0.25, -0.2) is 0 Å². The van der Waals surface area contributed by atoms with Gasteiger partial charge in [-0.1, -0.05) is 35.9 Å². The molecule has 2 aromatic carbocycles. The Morgan fingerprint density at radius 1 is 1.08 bits per heavy atom. The van der Waals surface area contributed by atoms with Gasteiger partial charge >= 0.3 is 0 Å². The molecule has 0 heterocycles. The van der Waals surface area contributed by atoms with E-state index in [4.69, 9.17) is 11.6 Å². The van der Waals surface area contributed by atoms with Crippen molar-refractivity contribution in [3.05, 3.63) is 64.7 Å². The second-order valence-electron chi connectivity index (χ2n) is 5.61. The van der Waals surface area contributed by atoms with E-state index in [1.54, 1.807) is 7.05 Å². The molecule has 0 bridgehead atoms. The summed E-state index contributed by atoms with van der Waals surface area (Å²) in [6, 6.07) is 15.6. The predicted octanol–water partition coefficient (Wildman–Crippen LogP) is 3.82. The predicted molar refractivity (Wildman–Crippen MR) is 120 cm³/mol. The topological polar surface area (TPSA) is 65.5 Å². The third kappa shape index (κ3) is 8.05. The molecule has 0 fully saturated rings. The average Bonchev–Trinajstić information content (AvgIpc) is 2.58. The number of nitrogens with zero attached hydrogens (tertiary/aromatic N) is 1. The fourth-order valence-electron chi connectivity index (χ4n) is 2.39. The smallest absolute Gasteiger partial charge is 0.221 e. The number of benzene rings is 2. The SMILES string of the molecule is CN=C(NCCc1cccc(Cl)c1)NCc1cccc(NC(C)=O)c1.I. The lowest BCUT2D eigenvalue weighted by Crippen LogP contribution is -2.37. The summed E-state index contributed by atoms with van der Waals surface area (Å²) < 4.78 is 0. The number of aliphatic imine (C=N–C) groups is 1. The van der Waals surface area contributed by atoms with E-state index in [-0.39, 0.29) is 29.9 Å². The molecule has 0 spiro atoms. The van der Waals surface area contributed by atoms with Crippen molar-refractivity contribution in [3.63, 3.8) is 0 Å². The van der Waals surface area contributed by atoms with E-state index in [0.717, 1.165) is 35.2 Å². The second-order valence-corrected chi connectivity index (χ2v) is 6.05. The molecule has 0 radical (unpaired) electrons. The number of anilines is 1. The number of carbonyl (C=O) groups excluding carboxylic acids is 1. The van der Waals surface area contributed by atoms with Gasteiger partial charge in [-0.3, -0.25) is 9.79 Å². The number of hydrogen-bond acceptors (Lipinski definition) is 2. The van der Waals surface area contributed by atoms with Crippen molar-refractivity contribution in [1.82, 2.24) is 10.6 Å². The normalized spacial score (nSPS) is 10.7. The van der Waals surface area contributed by atoms with Crippen molar-refractivity contribution in [3.8, 4) is 0 Å². The fourth-order valence-corrected chi connectivity index (χ4v) is 2.60. The molecule has 0 saturated carbocycles. The number of amides is 1. The zero-order chi connectivity index (χ0) is 18.1. The Balaban J connectivity index is 0.00000338. The molecule has 0 aliphatic heterocycles. The summed E-state index contributed by atoms with van der Waals surface area (Å²) >= 11 is 5.99. The number of rotatable bonds is 6. The maximum Gasteiger partial charge on any atom is 0.221 e. The van der Waals surface area contributed by atoms with Crippen molar-refractivity contribution in [2.24, 2.45) is 4.99 Å². The van der Waals surface area contributed by atoms with Crippen LogP contribution < -0.4 is 16.0 Å². The van der Waals surface area contributed by atoms with Crippen LogP contribution in [-0.2, 0) is 17.8 Å². The van der Waals surface area contributed by atoms with Gasteiger partial charge in [0.2, 0.25) is 5.91 Å². The first-order valence-electron chi connectivity index (χ1n) is 8.12. The molecule has 0 saturated heterocycles. The summed E-state index contributed by atoms with van der Waals surface area (Å²) in [4.78, 5) is 15.4. The van der Waals surface area contributed by atoms with E-state index < -0.39 is 0 Å². The van der Waals surface area contributed by atoms with Crippen molar-refractivity contribution < 1.29 is 4.79 Å². The number of halogens is 2. The van der Waals surface area contributed by atoms with Crippen LogP contribution in [0.4, 0.5) is 5.69 Å². The van der Waals surface area contributed by atoms with Crippen LogP contribution in [0.5, 0.6) is 0 Å². The molecule has 0 unspecified atom stereocenters. The van der Waals surface area contributed by atoms with E-state index in [9.17, 15) is 4.79 Å². The van der Waals surface area contributed by atoms with E-state index >= 15 is 0 Å². The first-order chi connectivity index (χ1) is 12.1. The Morgan fingerprint density at radius 3 is 2.50 bits per heavy atom. The molecular weight excluding hydrogens is 463 g/mol. The van der Waals surface area contributed by atoms with Crippen LogP contribution in [0.15, 0.2) is 53.5 Å². The van der Waals surface area contributed by atoms with Crippen LogP contribution in [0.3, 0.4) is 0 Å². The summed E-state index contributed by atoms with van der Waals surface area (Å²) in [5, 5.41) is 10.1. The summed E-state index contributed by atoms with van der Waals surface area (Å²) in [5.74, 6) is 0.649. The first kappa shape index (κ1) is 22.2. The number of hydrogen-bond donors (Lipinski definition) is 3. The van der Waals surface area contributed by atoms with Crippen LogP contribution in [0, 0.1) is 0 Å². The standard InChI is InChI=1S/C19H23ClN4O.HI/c1-14(25)24-18-8-4-6-16(12-18)13-23-19(21-2)22-10-9-15-5-3-7-17(20)11-15;/h3-8,11-12H,9-10,13H2,1-2H3,(H,24,25)(H2,21,22,23);1H. The summed E-state index contributed by atoms with van der Waals surface area (Å²) in [6.07, 6.45) is 0.860. The highest BCUT2D eigenvalue weighted by Crippen LogP contribution is 2.11. The van der Waals surface area contributed by atoms with Crippen molar-refractivity contribution >= 4 is 53.1 Å². The largest absolute Gasteiger partial charge is 0.356 e. The summed E-state index contributed by atoms with van der Waals surface area (Å²) in [7, 11) is 1.74. The molecule has 2 rings (SSSR count). The minimum Gasteiger partial charge on any atom is -0.356 e. The molecule has 2 aromatic rings. The fraction of sp³-hybridized carbons (Fsp3) is 0.263. The third-order valence-corrected chi connectivity index (χ3v) is 3.76. The lowest BCUT2D eigenvalue weighted by Gasteiger charge is -2.13. The van der Waals surface area contributed by atoms with E-state index in [2.05, 4.69) is 27.0 Å². The third-order valence-electron chi connectivity index (χ3n) is 3.53. The Bertz CT molecular complexity index is 752. The molecule has 140 valence electrons. The lowest BCUT2D eigenvalue weighted by molar-refractivity contribution is -0.114. The molecule has 7 heteroatoms. The zero-order valence-corrected chi connectivity index (χ0v) is 18.0. The highest BCUT2D eigenvalue weighted by Gasteiger charge is 2.01. The monoisotopic (exact) mass is 486 g/mol. The van der Waals surface area contributed by atoms with E-state index in [1.807, 2.05) is 42.5 Å². The van der Waals surface area contributed by atoms with Gasteiger partial charge in [-0.05, 0) is 41.8 Å². The molecular formula is C19H24ClIN4O. The summed E-state index contributed by atoms with van der Waals surface area (Å²) in [6.45, 7) is 2.87. The molecule has 26 heavy (non-hydrogen) atoms. The minimum absolute atomic E-state index is 0. The maximum absolute atomic E-state index is 11.1. The van der Waals surface area contributed by atoms with Gasteiger partial charge in [-0.15, -0.1) is 24.0 Å². The van der Waals surface area contributed by atoms with Crippen LogP contribution in [0.2, 0.25) is 5.02 Å². The number of nitrogens with one attached hydrogen (secondary N) is 3. The molecule has 0 atom stereocenters. The van der Waals surface area contributed by atoms with Gasteiger partial charge < -0.3 is 16.0 Å². The average molecular weight is 487 g/mol.